The van der Waals surface area contributed by atoms with Crippen molar-refractivity contribution in [3.8, 4) is 0 Å². The molecule has 1 aromatic carbocycles. The van der Waals surface area contributed by atoms with Crippen molar-refractivity contribution in [1.82, 2.24) is 5.32 Å². The molecule has 0 aromatic heterocycles. The molecule has 1 N–H and O–H groups in total. The zero-order valence-corrected chi connectivity index (χ0v) is 10.1. The van der Waals surface area contributed by atoms with Crippen molar-refractivity contribution < 1.29 is 4.79 Å². The van der Waals surface area contributed by atoms with Gasteiger partial charge in [-0.05, 0) is 31.2 Å². The maximum atomic E-state index is 11.8. The summed E-state index contributed by atoms with van der Waals surface area (Å²) in [6.07, 6.45) is 4.18. The predicted molar refractivity (Wildman–Crippen MR) is 68.7 cm³/mol. The summed E-state index contributed by atoms with van der Waals surface area (Å²) in [5.41, 5.74) is 1.16. The van der Waals surface area contributed by atoms with Gasteiger partial charge in [-0.25, -0.2) is 0 Å². The van der Waals surface area contributed by atoms with Crippen molar-refractivity contribution in [3.63, 3.8) is 0 Å². The van der Waals surface area contributed by atoms with Crippen LogP contribution in [-0.4, -0.2) is 17.2 Å². The lowest BCUT2D eigenvalue weighted by molar-refractivity contribution is -0.121. The van der Waals surface area contributed by atoms with Crippen LogP contribution in [-0.2, 0) is 11.2 Å². The third kappa shape index (κ3) is 3.01. The number of thiol groups is 1. The number of carbonyl (C=O) groups excluding carboxylic acids is 1. The van der Waals surface area contributed by atoms with Crippen LogP contribution >= 0.6 is 12.6 Å². The van der Waals surface area contributed by atoms with Gasteiger partial charge in [0.25, 0.3) is 0 Å². The van der Waals surface area contributed by atoms with Gasteiger partial charge >= 0.3 is 0 Å². The molecule has 0 bridgehead atoms. The largest absolute Gasteiger partial charge is 0.352 e. The summed E-state index contributed by atoms with van der Waals surface area (Å²) >= 11 is 4.36. The van der Waals surface area contributed by atoms with Gasteiger partial charge in [0.05, 0.1) is 5.25 Å². The molecule has 2 nitrogen and oxygen atoms in total. The summed E-state index contributed by atoms with van der Waals surface area (Å²) < 4.78 is 0. The summed E-state index contributed by atoms with van der Waals surface area (Å²) in [6, 6.07) is 10.4. The maximum Gasteiger partial charge on any atom is 0.233 e. The van der Waals surface area contributed by atoms with Crippen LogP contribution in [0.4, 0.5) is 0 Å². The Kier molecular flexibility index (Phi) is 3.88. The third-order valence-corrected chi connectivity index (χ3v) is 3.44. The highest BCUT2D eigenvalue weighted by Gasteiger charge is 2.22. The number of carbonyl (C=O) groups is 1. The van der Waals surface area contributed by atoms with E-state index in [1.54, 1.807) is 0 Å². The summed E-state index contributed by atoms with van der Waals surface area (Å²) in [7, 11) is 0. The molecule has 16 heavy (non-hydrogen) atoms. The van der Waals surface area contributed by atoms with Crippen LogP contribution in [0, 0.1) is 0 Å². The molecule has 1 amide bonds. The van der Waals surface area contributed by atoms with E-state index in [4.69, 9.17) is 0 Å². The van der Waals surface area contributed by atoms with Crippen molar-refractivity contribution in [1.29, 1.82) is 0 Å². The molecule has 1 atom stereocenters. The average Bonchev–Trinajstić information content (AvgIpc) is 2.24. The normalized spacial score (nSPS) is 17.6. The quantitative estimate of drug-likeness (QED) is 0.770. The van der Waals surface area contributed by atoms with Crippen molar-refractivity contribution >= 4 is 18.5 Å². The Balaban J connectivity index is 1.82. The summed E-state index contributed by atoms with van der Waals surface area (Å²) in [6.45, 7) is 0. The highest BCUT2D eigenvalue weighted by Crippen LogP contribution is 2.18. The van der Waals surface area contributed by atoms with Crippen molar-refractivity contribution in [2.24, 2.45) is 0 Å². The molecule has 2 rings (SSSR count). The third-order valence-electron chi connectivity index (χ3n) is 3.03. The Bertz CT molecular complexity index is 348. The van der Waals surface area contributed by atoms with Crippen LogP contribution < -0.4 is 5.32 Å². The summed E-state index contributed by atoms with van der Waals surface area (Å²) in [5.74, 6) is 0.0666. The van der Waals surface area contributed by atoms with E-state index < -0.39 is 0 Å². The molecule has 1 aromatic rings. The van der Waals surface area contributed by atoms with Crippen molar-refractivity contribution in [2.75, 3.05) is 0 Å². The molecular weight excluding hydrogens is 218 g/mol. The van der Waals surface area contributed by atoms with Crippen molar-refractivity contribution in [2.45, 2.75) is 37.0 Å². The monoisotopic (exact) mass is 235 g/mol. The first-order valence-corrected chi connectivity index (χ1v) is 6.30. The fraction of sp³-hybridized carbons (Fsp3) is 0.462. The highest BCUT2D eigenvalue weighted by atomic mass is 32.1. The Morgan fingerprint density at radius 2 is 2.06 bits per heavy atom. The van der Waals surface area contributed by atoms with E-state index in [-0.39, 0.29) is 11.2 Å². The zero-order valence-electron chi connectivity index (χ0n) is 9.23. The molecule has 3 heteroatoms. The Morgan fingerprint density at radius 3 is 2.62 bits per heavy atom. The standard InChI is InChI=1S/C13H17NOS/c15-13(14-11-7-4-8-11)12(16)9-10-5-2-1-3-6-10/h1-3,5-6,11-12,16H,4,7-9H2,(H,14,15). The lowest BCUT2D eigenvalue weighted by Gasteiger charge is -2.27. The molecule has 1 aliphatic rings. The van der Waals surface area contributed by atoms with E-state index in [0.29, 0.717) is 12.5 Å². The minimum atomic E-state index is -0.233. The number of amides is 1. The van der Waals surface area contributed by atoms with Gasteiger partial charge in [0.2, 0.25) is 5.91 Å². The van der Waals surface area contributed by atoms with Crippen LogP contribution in [0.5, 0.6) is 0 Å². The molecule has 1 aliphatic carbocycles. The second kappa shape index (κ2) is 5.39. The molecule has 1 saturated carbocycles. The van der Waals surface area contributed by atoms with Gasteiger partial charge in [0, 0.05) is 6.04 Å². The lowest BCUT2D eigenvalue weighted by Crippen LogP contribution is -2.43. The zero-order chi connectivity index (χ0) is 11.4. The highest BCUT2D eigenvalue weighted by molar-refractivity contribution is 7.81. The Labute approximate surface area is 102 Å². The van der Waals surface area contributed by atoms with Gasteiger partial charge in [0.15, 0.2) is 0 Å². The van der Waals surface area contributed by atoms with Gasteiger partial charge < -0.3 is 5.32 Å². The van der Waals surface area contributed by atoms with Crippen LogP contribution in [0.2, 0.25) is 0 Å². The van der Waals surface area contributed by atoms with Gasteiger partial charge in [0.1, 0.15) is 0 Å². The molecule has 0 heterocycles. The smallest absolute Gasteiger partial charge is 0.233 e. The molecule has 1 fully saturated rings. The molecule has 0 saturated heterocycles. The number of hydrogen-bond donors (Lipinski definition) is 2. The fourth-order valence-corrected chi connectivity index (χ4v) is 2.07. The first-order chi connectivity index (χ1) is 7.75. The minimum Gasteiger partial charge on any atom is -0.352 e. The molecule has 1 unspecified atom stereocenters. The fourth-order valence-electron chi connectivity index (χ4n) is 1.78. The average molecular weight is 235 g/mol. The van der Waals surface area contributed by atoms with Crippen LogP contribution in [0.15, 0.2) is 30.3 Å². The topological polar surface area (TPSA) is 29.1 Å². The van der Waals surface area contributed by atoms with E-state index in [0.717, 1.165) is 18.4 Å². The number of benzene rings is 1. The van der Waals surface area contributed by atoms with E-state index in [2.05, 4.69) is 17.9 Å². The molecule has 0 aliphatic heterocycles. The van der Waals surface area contributed by atoms with Crippen molar-refractivity contribution in [3.05, 3.63) is 35.9 Å². The summed E-state index contributed by atoms with van der Waals surface area (Å²) in [5, 5.41) is 2.79. The van der Waals surface area contributed by atoms with E-state index in [1.165, 1.54) is 6.42 Å². The predicted octanol–water partition coefficient (Wildman–Crippen LogP) is 2.20. The SMILES string of the molecule is O=C(NC1CCC1)C(S)Cc1ccccc1. The Morgan fingerprint density at radius 1 is 1.38 bits per heavy atom. The van der Waals surface area contributed by atoms with Gasteiger partial charge in [-0.15, -0.1) is 0 Å². The first-order valence-electron chi connectivity index (χ1n) is 5.78. The van der Waals surface area contributed by atoms with Crippen LogP contribution in [0.25, 0.3) is 0 Å². The number of nitrogens with one attached hydrogen (secondary N) is 1. The first kappa shape index (κ1) is 11.5. The molecule has 86 valence electrons. The lowest BCUT2D eigenvalue weighted by atomic mass is 9.93. The van der Waals surface area contributed by atoms with E-state index in [1.807, 2.05) is 30.3 Å². The second-order valence-electron chi connectivity index (χ2n) is 4.34. The van der Waals surface area contributed by atoms with Crippen LogP contribution in [0.3, 0.4) is 0 Å². The van der Waals surface area contributed by atoms with E-state index >= 15 is 0 Å². The van der Waals surface area contributed by atoms with Gasteiger partial charge in [-0.1, -0.05) is 30.3 Å². The molecule has 0 spiro atoms. The van der Waals surface area contributed by atoms with E-state index in [9.17, 15) is 4.79 Å². The van der Waals surface area contributed by atoms with Gasteiger partial charge in [-0.3, -0.25) is 4.79 Å². The minimum absolute atomic E-state index is 0.0666. The van der Waals surface area contributed by atoms with Crippen LogP contribution in [0.1, 0.15) is 24.8 Å². The maximum absolute atomic E-state index is 11.8. The number of hydrogen-bond acceptors (Lipinski definition) is 2. The summed E-state index contributed by atoms with van der Waals surface area (Å²) in [4.78, 5) is 11.8. The molecule has 0 radical (unpaired) electrons. The Hall–Kier alpha value is -0.960. The molecular formula is C13H17NOS. The van der Waals surface area contributed by atoms with Gasteiger partial charge in [-0.2, -0.15) is 12.6 Å². The number of rotatable bonds is 4. The second-order valence-corrected chi connectivity index (χ2v) is 4.97.